The monoisotopic (exact) mass is 515 g/mol. The fourth-order valence-corrected chi connectivity index (χ4v) is 3.38. The molecule has 0 aromatic heterocycles. The summed E-state index contributed by atoms with van der Waals surface area (Å²) in [5.41, 5.74) is 0.988. The molecular formula is C25H19Cl2NO7. The normalized spacial score (nSPS) is 12.2. The maximum atomic E-state index is 13.1. The second-order valence-electron chi connectivity index (χ2n) is 7.31. The third kappa shape index (κ3) is 6.59. The highest BCUT2D eigenvalue weighted by Crippen LogP contribution is 2.21. The van der Waals surface area contributed by atoms with E-state index >= 15 is 0 Å². The summed E-state index contributed by atoms with van der Waals surface area (Å²) in [5, 5.41) is 12.3. The van der Waals surface area contributed by atoms with Crippen LogP contribution in [0.1, 0.15) is 26.3 Å². The lowest BCUT2D eigenvalue weighted by Crippen LogP contribution is -2.48. The average molecular weight is 516 g/mol. The molecule has 0 heterocycles. The lowest BCUT2D eigenvalue weighted by atomic mass is 10.1. The summed E-state index contributed by atoms with van der Waals surface area (Å²) in [7, 11) is 0. The van der Waals surface area contributed by atoms with Crippen LogP contribution in [-0.2, 0) is 19.1 Å². The second-order valence-corrected chi connectivity index (χ2v) is 8.12. The van der Waals surface area contributed by atoms with E-state index in [0.717, 1.165) is 5.56 Å². The number of benzene rings is 3. The summed E-state index contributed by atoms with van der Waals surface area (Å²) in [5.74, 6) is -4.96. The average Bonchev–Trinajstić information content (AvgIpc) is 2.82. The van der Waals surface area contributed by atoms with Crippen LogP contribution in [-0.4, -0.2) is 41.1 Å². The Labute approximate surface area is 210 Å². The molecule has 0 aliphatic rings. The number of amides is 1. The smallest absolute Gasteiger partial charge is 0.349 e. The van der Waals surface area contributed by atoms with E-state index in [2.05, 4.69) is 5.32 Å². The lowest BCUT2D eigenvalue weighted by Gasteiger charge is -2.24. The maximum Gasteiger partial charge on any atom is 0.349 e. The molecule has 2 atom stereocenters. The Balaban J connectivity index is 1.93. The Morgan fingerprint density at radius 2 is 1.20 bits per heavy atom. The van der Waals surface area contributed by atoms with E-state index < -0.39 is 36.0 Å². The Hall–Kier alpha value is -3.88. The van der Waals surface area contributed by atoms with E-state index in [-0.39, 0.29) is 21.2 Å². The van der Waals surface area contributed by atoms with Crippen molar-refractivity contribution < 1.29 is 33.8 Å². The number of rotatable bonds is 8. The van der Waals surface area contributed by atoms with Gasteiger partial charge in [-0.2, -0.15) is 0 Å². The minimum absolute atomic E-state index is 0.00959. The predicted octanol–water partition coefficient (Wildman–Crippen LogP) is 4.78. The van der Waals surface area contributed by atoms with Gasteiger partial charge in [-0.3, -0.25) is 4.79 Å². The van der Waals surface area contributed by atoms with Crippen LogP contribution in [0.4, 0.5) is 5.69 Å². The Kier molecular flexibility index (Phi) is 8.46. The molecular weight excluding hydrogens is 497 g/mol. The summed E-state index contributed by atoms with van der Waals surface area (Å²) in [4.78, 5) is 50.6. The van der Waals surface area contributed by atoms with E-state index in [1.54, 1.807) is 36.4 Å². The topological polar surface area (TPSA) is 119 Å². The molecule has 0 bridgehead atoms. The number of aryl methyl sites for hydroxylation is 1. The second kappa shape index (κ2) is 11.5. The van der Waals surface area contributed by atoms with Crippen molar-refractivity contribution in [3.05, 3.63) is 99.5 Å². The zero-order valence-electron chi connectivity index (χ0n) is 18.2. The minimum Gasteiger partial charge on any atom is -0.478 e. The van der Waals surface area contributed by atoms with Crippen LogP contribution in [0.2, 0.25) is 10.0 Å². The van der Waals surface area contributed by atoms with Gasteiger partial charge in [0.15, 0.2) is 0 Å². The van der Waals surface area contributed by atoms with Gasteiger partial charge in [-0.25, -0.2) is 14.4 Å². The quantitative estimate of drug-likeness (QED) is 0.414. The van der Waals surface area contributed by atoms with Crippen LogP contribution in [0.15, 0.2) is 72.8 Å². The number of carbonyl (C=O) groups is 4. The number of ether oxygens (including phenoxy) is 2. The highest BCUT2D eigenvalue weighted by Gasteiger charge is 2.41. The molecule has 0 fully saturated rings. The van der Waals surface area contributed by atoms with Gasteiger partial charge in [0.25, 0.3) is 5.91 Å². The van der Waals surface area contributed by atoms with Gasteiger partial charge in [-0.15, -0.1) is 0 Å². The lowest BCUT2D eigenvalue weighted by molar-refractivity contribution is -0.157. The van der Waals surface area contributed by atoms with Crippen molar-refractivity contribution in [2.24, 2.45) is 0 Å². The summed E-state index contributed by atoms with van der Waals surface area (Å²) in [6.45, 7) is 1.84. The highest BCUT2D eigenvalue weighted by molar-refractivity contribution is 6.34. The highest BCUT2D eigenvalue weighted by atomic mass is 35.5. The fraction of sp³-hybridized carbons (Fsp3) is 0.120. The van der Waals surface area contributed by atoms with E-state index in [1.165, 1.54) is 36.4 Å². The molecule has 8 nitrogen and oxygen atoms in total. The van der Waals surface area contributed by atoms with Gasteiger partial charge in [0.2, 0.25) is 12.2 Å². The molecule has 0 aliphatic heterocycles. The summed E-state index contributed by atoms with van der Waals surface area (Å²) >= 11 is 12.0. The largest absolute Gasteiger partial charge is 0.478 e. The summed E-state index contributed by atoms with van der Waals surface area (Å²) in [6, 6.07) is 18.2. The van der Waals surface area contributed by atoms with Gasteiger partial charge in [0.1, 0.15) is 0 Å². The van der Waals surface area contributed by atoms with E-state index in [1.807, 2.05) is 6.92 Å². The molecule has 2 N–H and O–H groups in total. The minimum atomic E-state index is -2.20. The van der Waals surface area contributed by atoms with Crippen molar-refractivity contribution in [3.63, 3.8) is 0 Å². The molecule has 0 spiro atoms. The first-order chi connectivity index (χ1) is 16.7. The van der Waals surface area contributed by atoms with Crippen molar-refractivity contribution >= 4 is 52.7 Å². The Morgan fingerprint density at radius 1 is 0.743 bits per heavy atom. The van der Waals surface area contributed by atoms with Crippen molar-refractivity contribution in [1.82, 2.24) is 0 Å². The summed E-state index contributed by atoms with van der Waals surface area (Å²) in [6.07, 6.45) is -4.26. The van der Waals surface area contributed by atoms with Gasteiger partial charge in [-0.1, -0.05) is 65.2 Å². The number of hydrogen-bond acceptors (Lipinski definition) is 6. The Morgan fingerprint density at radius 3 is 1.66 bits per heavy atom. The molecule has 3 aromatic carbocycles. The zero-order valence-corrected chi connectivity index (χ0v) is 19.7. The van der Waals surface area contributed by atoms with Crippen LogP contribution in [0.3, 0.4) is 0 Å². The number of anilines is 1. The van der Waals surface area contributed by atoms with Gasteiger partial charge >= 0.3 is 17.9 Å². The SMILES string of the molecule is Cc1ccc(NC(=O)[C@@H](OC(=O)c2ccccc2Cl)[C@@H](OC(=O)c2ccccc2Cl)C(=O)O)cc1. The molecule has 10 heteroatoms. The van der Waals surface area contributed by atoms with Crippen LogP contribution < -0.4 is 5.32 Å². The number of carboxylic acids is 1. The molecule has 0 saturated carbocycles. The number of carbonyl (C=O) groups excluding carboxylic acids is 3. The van der Waals surface area contributed by atoms with Crippen molar-refractivity contribution in [2.75, 3.05) is 5.32 Å². The number of aliphatic carboxylic acids is 1. The molecule has 1 amide bonds. The zero-order chi connectivity index (χ0) is 25.5. The number of esters is 2. The Bertz CT molecular complexity index is 1260. The molecule has 0 unspecified atom stereocenters. The standard InChI is InChI=1S/C25H19Cl2NO7/c1-14-10-12-15(13-11-14)28-22(29)20(34-24(32)16-6-2-4-8-18(16)26)21(23(30)31)35-25(33)17-7-3-5-9-19(17)27/h2-13,20-21H,1H3,(H,28,29)(H,30,31)/t20-,21+/m0/s1. The first-order valence-corrected chi connectivity index (χ1v) is 10.9. The third-order valence-electron chi connectivity index (χ3n) is 4.75. The predicted molar refractivity (Wildman–Crippen MR) is 129 cm³/mol. The molecule has 0 radical (unpaired) electrons. The third-order valence-corrected chi connectivity index (χ3v) is 5.41. The number of halogens is 2. The van der Waals surface area contributed by atoms with Gasteiger partial charge in [-0.05, 0) is 43.3 Å². The summed E-state index contributed by atoms with van der Waals surface area (Å²) < 4.78 is 10.3. The van der Waals surface area contributed by atoms with Crippen LogP contribution in [0.5, 0.6) is 0 Å². The molecule has 0 saturated heterocycles. The number of nitrogens with one attached hydrogen (secondary N) is 1. The number of hydrogen-bond donors (Lipinski definition) is 2. The molecule has 180 valence electrons. The first-order valence-electron chi connectivity index (χ1n) is 10.2. The van der Waals surface area contributed by atoms with Crippen molar-refractivity contribution in [2.45, 2.75) is 19.1 Å². The fourth-order valence-electron chi connectivity index (χ4n) is 2.96. The molecule has 35 heavy (non-hydrogen) atoms. The van der Waals surface area contributed by atoms with Crippen LogP contribution in [0.25, 0.3) is 0 Å². The van der Waals surface area contributed by atoms with Crippen LogP contribution in [0, 0.1) is 6.92 Å². The van der Waals surface area contributed by atoms with Crippen LogP contribution >= 0.6 is 23.2 Å². The molecule has 0 aliphatic carbocycles. The number of carboxylic acid groups (broad SMARTS) is 1. The van der Waals surface area contributed by atoms with Gasteiger partial charge in [0, 0.05) is 5.69 Å². The molecule has 3 aromatic rings. The van der Waals surface area contributed by atoms with E-state index in [9.17, 15) is 24.3 Å². The van der Waals surface area contributed by atoms with Crippen molar-refractivity contribution in [3.8, 4) is 0 Å². The van der Waals surface area contributed by atoms with Gasteiger partial charge in [0.05, 0.1) is 21.2 Å². The van der Waals surface area contributed by atoms with E-state index in [4.69, 9.17) is 32.7 Å². The van der Waals surface area contributed by atoms with Gasteiger partial charge < -0.3 is 19.9 Å². The molecule has 3 rings (SSSR count). The van der Waals surface area contributed by atoms with Crippen molar-refractivity contribution in [1.29, 1.82) is 0 Å². The first kappa shape index (κ1) is 25.7. The maximum absolute atomic E-state index is 13.1. The van der Waals surface area contributed by atoms with E-state index in [0.29, 0.717) is 5.69 Å².